The van der Waals surface area contributed by atoms with E-state index in [-0.39, 0.29) is 0 Å². The van der Waals surface area contributed by atoms with E-state index in [0.717, 1.165) is 32.8 Å². The lowest BCUT2D eigenvalue weighted by Crippen LogP contribution is -2.75. The second-order valence-electron chi connectivity index (χ2n) is 9.72. The third-order valence-electron chi connectivity index (χ3n) is 7.85. The highest BCUT2D eigenvalue weighted by molar-refractivity contribution is 7.19. The van der Waals surface area contributed by atoms with E-state index in [4.69, 9.17) is 4.98 Å². The Morgan fingerprint density at radius 3 is 1.58 bits per heavy atom. The molecular weight excluding hydrogens is 480 g/mol. The lowest BCUT2D eigenvalue weighted by Gasteiger charge is -2.33. The highest BCUT2D eigenvalue weighted by Crippen LogP contribution is 2.36. The van der Waals surface area contributed by atoms with Crippen LogP contribution >= 0.6 is 0 Å². The normalized spacial score (nSPS) is 12.2. The molecule has 5 heterocycles. The monoisotopic (exact) mass is 502 g/mol. The maximum absolute atomic E-state index is 5.60. The SMILES string of the molecule is c1ccc([Si](c2ccccc2)(c2ccccc2)c2cc3c4ccncc4n4c5cnccc5c(n2)c34)cc1. The van der Waals surface area contributed by atoms with Crippen LogP contribution in [0.3, 0.4) is 0 Å². The molecule has 0 atom stereocenters. The predicted octanol–water partition coefficient (Wildman–Crippen LogP) is 4.40. The summed E-state index contributed by atoms with van der Waals surface area (Å²) < 4.78 is 2.28. The average molecular weight is 503 g/mol. The van der Waals surface area contributed by atoms with E-state index in [1.165, 1.54) is 26.3 Å². The fourth-order valence-electron chi connectivity index (χ4n) is 6.29. The molecule has 0 saturated carbocycles. The Morgan fingerprint density at radius 1 is 0.526 bits per heavy atom. The molecule has 0 amide bonds. The summed E-state index contributed by atoms with van der Waals surface area (Å²) in [5, 5.41) is 8.58. The summed E-state index contributed by atoms with van der Waals surface area (Å²) in [5.74, 6) is 0. The average Bonchev–Trinajstić information content (AvgIpc) is 3.51. The van der Waals surface area contributed by atoms with Gasteiger partial charge < -0.3 is 4.40 Å². The molecule has 0 saturated heterocycles. The molecule has 8 rings (SSSR count). The van der Waals surface area contributed by atoms with Crippen LogP contribution in [0.25, 0.3) is 38.2 Å². The molecule has 5 heteroatoms. The Balaban J connectivity index is 1.62. The molecule has 0 aliphatic heterocycles. The minimum Gasteiger partial charge on any atom is -0.303 e. The summed E-state index contributed by atoms with van der Waals surface area (Å²) >= 11 is 0. The summed E-state index contributed by atoms with van der Waals surface area (Å²) in [5.41, 5.74) is 4.30. The van der Waals surface area contributed by atoms with Gasteiger partial charge in [0.05, 0.1) is 34.5 Å². The standard InChI is InChI=1S/C33H22N4Si/c1-4-10-23(11-5-1)38(24-12-6-2-7-13-24,25-14-8-3-9-15-25)31-20-28-26-16-18-34-21-29(26)37-30-22-35-19-17-27(30)32(36-31)33(28)37/h1-22H. The van der Waals surface area contributed by atoms with Gasteiger partial charge in [-0.15, -0.1) is 0 Å². The summed E-state index contributed by atoms with van der Waals surface area (Å²) in [6.07, 6.45) is 7.64. The maximum Gasteiger partial charge on any atom is 0.201 e. The first-order chi connectivity index (χ1) is 18.9. The van der Waals surface area contributed by atoms with Crippen molar-refractivity contribution >= 4 is 67.2 Å². The minimum absolute atomic E-state index is 1.02. The van der Waals surface area contributed by atoms with E-state index in [9.17, 15) is 0 Å². The highest BCUT2D eigenvalue weighted by Gasteiger charge is 2.43. The first-order valence-electron chi connectivity index (χ1n) is 12.8. The van der Waals surface area contributed by atoms with Crippen LogP contribution in [0.2, 0.25) is 0 Å². The van der Waals surface area contributed by atoms with E-state index < -0.39 is 8.07 Å². The van der Waals surface area contributed by atoms with Crippen molar-refractivity contribution in [1.29, 1.82) is 0 Å². The molecule has 0 bridgehead atoms. The topological polar surface area (TPSA) is 43.1 Å². The molecule has 178 valence electrons. The molecule has 8 aromatic rings. The lowest BCUT2D eigenvalue weighted by molar-refractivity contribution is 1.27. The van der Waals surface area contributed by atoms with Crippen molar-refractivity contribution in [1.82, 2.24) is 19.4 Å². The Labute approximate surface area is 220 Å². The van der Waals surface area contributed by atoms with Gasteiger partial charge in [0.25, 0.3) is 0 Å². The Hall–Kier alpha value is -4.87. The van der Waals surface area contributed by atoms with Gasteiger partial charge in [0.2, 0.25) is 8.07 Å². The number of benzene rings is 3. The van der Waals surface area contributed by atoms with Crippen LogP contribution in [0.1, 0.15) is 0 Å². The molecule has 0 fully saturated rings. The number of aromatic nitrogens is 4. The van der Waals surface area contributed by atoms with E-state index in [2.05, 4.69) is 124 Å². The summed E-state index contributed by atoms with van der Waals surface area (Å²) in [4.78, 5) is 14.5. The lowest BCUT2D eigenvalue weighted by atomic mass is 10.2. The van der Waals surface area contributed by atoms with E-state index >= 15 is 0 Å². The second kappa shape index (κ2) is 8.06. The molecule has 0 spiro atoms. The summed E-state index contributed by atoms with van der Waals surface area (Å²) in [6.45, 7) is 0. The fourth-order valence-corrected chi connectivity index (χ4v) is 10.9. The quantitative estimate of drug-likeness (QED) is 0.265. The smallest absolute Gasteiger partial charge is 0.201 e. The van der Waals surface area contributed by atoms with Crippen LogP contribution in [-0.2, 0) is 0 Å². The van der Waals surface area contributed by atoms with E-state index in [1.807, 2.05) is 24.8 Å². The molecule has 4 nitrogen and oxygen atoms in total. The predicted molar refractivity (Wildman–Crippen MR) is 158 cm³/mol. The van der Waals surface area contributed by atoms with Crippen LogP contribution in [-0.4, -0.2) is 27.4 Å². The Bertz CT molecular complexity index is 1890. The third-order valence-corrected chi connectivity index (χ3v) is 12.5. The fraction of sp³-hybridized carbons (Fsp3) is 0. The van der Waals surface area contributed by atoms with Crippen LogP contribution in [0.5, 0.6) is 0 Å². The van der Waals surface area contributed by atoms with Crippen LogP contribution in [0.4, 0.5) is 0 Å². The van der Waals surface area contributed by atoms with E-state index in [1.54, 1.807) is 0 Å². The van der Waals surface area contributed by atoms with Gasteiger partial charge in [-0.05, 0) is 33.8 Å². The minimum atomic E-state index is -2.78. The van der Waals surface area contributed by atoms with Crippen molar-refractivity contribution in [3.63, 3.8) is 0 Å². The second-order valence-corrected chi connectivity index (χ2v) is 13.5. The molecule has 5 aromatic heterocycles. The van der Waals surface area contributed by atoms with Crippen LogP contribution in [0.15, 0.2) is 134 Å². The zero-order valence-electron chi connectivity index (χ0n) is 20.5. The first-order valence-corrected chi connectivity index (χ1v) is 14.8. The van der Waals surface area contributed by atoms with Crippen molar-refractivity contribution in [3.05, 3.63) is 134 Å². The largest absolute Gasteiger partial charge is 0.303 e. The number of rotatable bonds is 4. The number of fused-ring (bicyclic) bond motifs is 6. The van der Waals surface area contributed by atoms with Gasteiger partial charge in [-0.25, -0.2) is 0 Å². The molecular formula is C33H22N4Si. The van der Waals surface area contributed by atoms with Gasteiger partial charge >= 0.3 is 0 Å². The molecule has 38 heavy (non-hydrogen) atoms. The number of hydrogen-bond acceptors (Lipinski definition) is 3. The Kier molecular flexibility index (Phi) is 4.51. The van der Waals surface area contributed by atoms with Gasteiger partial charge in [0.1, 0.15) is 0 Å². The van der Waals surface area contributed by atoms with Gasteiger partial charge in [-0.2, -0.15) is 0 Å². The molecule has 0 aliphatic carbocycles. The van der Waals surface area contributed by atoms with Gasteiger partial charge in [0.15, 0.2) is 0 Å². The highest BCUT2D eigenvalue weighted by atomic mass is 28.3. The summed E-state index contributed by atoms with van der Waals surface area (Å²) in [7, 11) is -2.78. The first kappa shape index (κ1) is 21.2. The van der Waals surface area contributed by atoms with Crippen molar-refractivity contribution < 1.29 is 0 Å². The maximum atomic E-state index is 5.60. The summed E-state index contributed by atoms with van der Waals surface area (Å²) in [6, 6.07) is 39.5. The molecule has 0 N–H and O–H groups in total. The zero-order valence-corrected chi connectivity index (χ0v) is 21.5. The molecule has 3 aromatic carbocycles. The molecule has 0 radical (unpaired) electrons. The molecule has 0 unspecified atom stereocenters. The van der Waals surface area contributed by atoms with Crippen molar-refractivity contribution in [3.8, 4) is 0 Å². The third kappa shape index (κ3) is 2.76. The van der Waals surface area contributed by atoms with Crippen LogP contribution in [0, 0.1) is 0 Å². The van der Waals surface area contributed by atoms with Crippen molar-refractivity contribution in [2.45, 2.75) is 0 Å². The number of pyridine rings is 3. The van der Waals surface area contributed by atoms with Crippen molar-refractivity contribution in [2.75, 3.05) is 0 Å². The molecule has 0 aliphatic rings. The van der Waals surface area contributed by atoms with Crippen molar-refractivity contribution in [2.24, 2.45) is 0 Å². The number of hydrogen-bond donors (Lipinski definition) is 0. The zero-order chi connectivity index (χ0) is 25.1. The Morgan fingerprint density at radius 2 is 1.03 bits per heavy atom. The van der Waals surface area contributed by atoms with Gasteiger partial charge in [0, 0.05) is 33.9 Å². The van der Waals surface area contributed by atoms with Gasteiger partial charge in [-0.1, -0.05) is 91.0 Å². The van der Waals surface area contributed by atoms with Crippen LogP contribution < -0.4 is 20.9 Å². The number of nitrogens with zero attached hydrogens (tertiary/aromatic N) is 4. The van der Waals surface area contributed by atoms with E-state index in [0.29, 0.717) is 0 Å². The van der Waals surface area contributed by atoms with Gasteiger partial charge in [-0.3, -0.25) is 15.0 Å².